The third-order valence-corrected chi connectivity index (χ3v) is 4.66. The number of carbonyl (C=O) groups is 1. The first kappa shape index (κ1) is 9.38. The van der Waals surface area contributed by atoms with Gasteiger partial charge < -0.3 is 5.11 Å². The van der Waals surface area contributed by atoms with Gasteiger partial charge in [-0.2, -0.15) is 11.8 Å². The number of hydrogen-bond donors (Lipinski definition) is 1. The van der Waals surface area contributed by atoms with Crippen molar-refractivity contribution in [3.63, 3.8) is 0 Å². The summed E-state index contributed by atoms with van der Waals surface area (Å²) < 4.78 is 0. The van der Waals surface area contributed by atoms with Crippen LogP contribution in [0.2, 0.25) is 0 Å². The molecule has 2 atom stereocenters. The lowest BCUT2D eigenvalue weighted by Crippen LogP contribution is -2.26. The second-order valence-corrected chi connectivity index (χ2v) is 5.27. The first-order valence-corrected chi connectivity index (χ1v) is 6.25. The van der Waals surface area contributed by atoms with Crippen molar-refractivity contribution in [1.82, 2.24) is 0 Å². The molecule has 1 heterocycles. The van der Waals surface area contributed by atoms with Gasteiger partial charge in [0.05, 0.1) is 5.92 Å². The van der Waals surface area contributed by atoms with E-state index in [4.69, 9.17) is 5.11 Å². The van der Waals surface area contributed by atoms with Crippen LogP contribution in [0.1, 0.15) is 25.7 Å². The lowest BCUT2D eigenvalue weighted by atomic mass is 9.83. The van der Waals surface area contributed by atoms with Gasteiger partial charge in [-0.3, -0.25) is 4.79 Å². The van der Waals surface area contributed by atoms with Crippen LogP contribution >= 0.6 is 11.8 Å². The predicted molar refractivity (Wildman–Crippen MR) is 53.9 cm³/mol. The molecule has 2 fully saturated rings. The maximum Gasteiger partial charge on any atom is 0.307 e. The fourth-order valence-corrected chi connectivity index (χ4v) is 4.23. The standard InChI is InChI=1S/C10H16O2S/c11-10(12)9-6-13-5-8(9)7-3-1-2-4-7/h7-9H,1-6H2,(H,11,12). The minimum Gasteiger partial charge on any atom is -0.481 e. The summed E-state index contributed by atoms with van der Waals surface area (Å²) in [6, 6.07) is 0. The van der Waals surface area contributed by atoms with Gasteiger partial charge >= 0.3 is 5.97 Å². The van der Waals surface area contributed by atoms with Crippen molar-refractivity contribution in [1.29, 1.82) is 0 Å². The van der Waals surface area contributed by atoms with Gasteiger partial charge in [-0.25, -0.2) is 0 Å². The monoisotopic (exact) mass is 200 g/mol. The van der Waals surface area contributed by atoms with Crippen LogP contribution in [0.5, 0.6) is 0 Å². The molecule has 3 heteroatoms. The molecule has 1 N–H and O–H groups in total. The number of hydrogen-bond acceptors (Lipinski definition) is 2. The Morgan fingerprint density at radius 3 is 2.54 bits per heavy atom. The van der Waals surface area contributed by atoms with Crippen molar-refractivity contribution < 1.29 is 9.90 Å². The highest BCUT2D eigenvalue weighted by Gasteiger charge is 2.39. The minimum absolute atomic E-state index is 0.0481. The summed E-state index contributed by atoms with van der Waals surface area (Å²) >= 11 is 1.82. The minimum atomic E-state index is -0.568. The number of rotatable bonds is 2. The number of thioether (sulfide) groups is 1. The predicted octanol–water partition coefficient (Wildman–Crippen LogP) is 2.24. The number of carboxylic acids is 1. The quantitative estimate of drug-likeness (QED) is 0.742. The Hall–Kier alpha value is -0.180. The summed E-state index contributed by atoms with van der Waals surface area (Å²) in [5.74, 6) is 2.51. The zero-order valence-electron chi connectivity index (χ0n) is 7.74. The third-order valence-electron chi connectivity index (χ3n) is 3.45. The lowest BCUT2D eigenvalue weighted by Gasteiger charge is -2.21. The molecule has 0 bridgehead atoms. The summed E-state index contributed by atoms with van der Waals surface area (Å²) in [4.78, 5) is 11.0. The first-order valence-electron chi connectivity index (χ1n) is 5.09. The van der Waals surface area contributed by atoms with E-state index in [2.05, 4.69) is 0 Å². The highest BCUT2D eigenvalue weighted by Crippen LogP contribution is 2.42. The molecule has 2 unspecified atom stereocenters. The molecule has 2 aliphatic rings. The normalized spacial score (nSPS) is 35.4. The van der Waals surface area contributed by atoms with E-state index in [1.54, 1.807) is 0 Å². The summed E-state index contributed by atoms with van der Waals surface area (Å²) in [7, 11) is 0. The van der Waals surface area contributed by atoms with Crippen molar-refractivity contribution in [3.8, 4) is 0 Å². The van der Waals surface area contributed by atoms with Gasteiger partial charge in [0.2, 0.25) is 0 Å². The Kier molecular flexibility index (Phi) is 2.82. The van der Waals surface area contributed by atoms with Crippen molar-refractivity contribution in [2.75, 3.05) is 11.5 Å². The fraction of sp³-hybridized carbons (Fsp3) is 0.900. The summed E-state index contributed by atoms with van der Waals surface area (Å²) in [5, 5.41) is 9.03. The van der Waals surface area contributed by atoms with E-state index in [9.17, 15) is 4.79 Å². The molecular weight excluding hydrogens is 184 g/mol. The first-order chi connectivity index (χ1) is 6.29. The largest absolute Gasteiger partial charge is 0.481 e. The van der Waals surface area contributed by atoms with Gasteiger partial charge in [0.15, 0.2) is 0 Å². The molecule has 13 heavy (non-hydrogen) atoms. The van der Waals surface area contributed by atoms with E-state index in [1.165, 1.54) is 25.7 Å². The average molecular weight is 200 g/mol. The molecule has 1 aliphatic carbocycles. The van der Waals surface area contributed by atoms with Crippen LogP contribution < -0.4 is 0 Å². The van der Waals surface area contributed by atoms with Crippen LogP contribution in [-0.2, 0) is 4.79 Å². The van der Waals surface area contributed by atoms with Crippen molar-refractivity contribution in [2.24, 2.45) is 17.8 Å². The molecule has 74 valence electrons. The molecule has 0 amide bonds. The van der Waals surface area contributed by atoms with Crippen LogP contribution in [-0.4, -0.2) is 22.6 Å². The summed E-state index contributed by atoms with van der Waals surface area (Å²) in [6.07, 6.45) is 5.18. The van der Waals surface area contributed by atoms with Crippen molar-refractivity contribution in [2.45, 2.75) is 25.7 Å². The maximum atomic E-state index is 11.0. The van der Waals surface area contributed by atoms with Crippen molar-refractivity contribution >= 4 is 17.7 Å². The van der Waals surface area contributed by atoms with E-state index >= 15 is 0 Å². The molecule has 1 saturated carbocycles. The molecule has 0 aromatic heterocycles. The number of aliphatic carboxylic acids is 1. The topological polar surface area (TPSA) is 37.3 Å². The van der Waals surface area contributed by atoms with Crippen LogP contribution in [0, 0.1) is 17.8 Å². The molecule has 1 aliphatic heterocycles. The fourth-order valence-electron chi connectivity index (χ4n) is 2.68. The van der Waals surface area contributed by atoms with Gasteiger partial charge in [-0.15, -0.1) is 0 Å². The van der Waals surface area contributed by atoms with Gasteiger partial charge in [0.1, 0.15) is 0 Å². The van der Waals surface area contributed by atoms with Gasteiger partial charge in [-0.1, -0.05) is 25.7 Å². The zero-order chi connectivity index (χ0) is 9.26. The van der Waals surface area contributed by atoms with Crippen LogP contribution in [0.4, 0.5) is 0 Å². The van der Waals surface area contributed by atoms with E-state index in [1.807, 2.05) is 11.8 Å². The van der Waals surface area contributed by atoms with Gasteiger partial charge in [-0.05, 0) is 17.6 Å². The average Bonchev–Trinajstić information content (AvgIpc) is 2.74. The smallest absolute Gasteiger partial charge is 0.307 e. The Morgan fingerprint density at radius 2 is 1.92 bits per heavy atom. The highest BCUT2D eigenvalue weighted by molar-refractivity contribution is 7.99. The summed E-state index contributed by atoms with van der Waals surface area (Å²) in [5.41, 5.74) is 0. The second kappa shape index (κ2) is 3.91. The zero-order valence-corrected chi connectivity index (χ0v) is 8.55. The summed E-state index contributed by atoms with van der Waals surface area (Å²) in [6.45, 7) is 0. The molecule has 2 rings (SSSR count). The molecule has 2 nitrogen and oxygen atoms in total. The van der Waals surface area contributed by atoms with E-state index in [-0.39, 0.29) is 5.92 Å². The molecule has 0 aromatic rings. The van der Waals surface area contributed by atoms with Crippen LogP contribution in [0.15, 0.2) is 0 Å². The van der Waals surface area contributed by atoms with Crippen molar-refractivity contribution in [3.05, 3.63) is 0 Å². The Morgan fingerprint density at radius 1 is 1.23 bits per heavy atom. The molecule has 0 spiro atoms. The van der Waals surface area contributed by atoms with E-state index in [0.29, 0.717) is 5.92 Å². The lowest BCUT2D eigenvalue weighted by molar-refractivity contribution is -0.142. The SMILES string of the molecule is O=C(O)C1CSCC1C1CCCC1. The van der Waals surface area contributed by atoms with Crippen LogP contribution in [0.3, 0.4) is 0 Å². The molecule has 0 aromatic carbocycles. The third kappa shape index (κ3) is 1.85. The van der Waals surface area contributed by atoms with E-state index in [0.717, 1.165) is 17.4 Å². The van der Waals surface area contributed by atoms with Gasteiger partial charge in [0.25, 0.3) is 0 Å². The number of carboxylic acid groups (broad SMARTS) is 1. The Labute approximate surface area is 83.1 Å². The second-order valence-electron chi connectivity index (χ2n) is 4.19. The molecule has 0 radical (unpaired) electrons. The van der Waals surface area contributed by atoms with Crippen LogP contribution in [0.25, 0.3) is 0 Å². The highest BCUT2D eigenvalue weighted by atomic mass is 32.2. The van der Waals surface area contributed by atoms with Gasteiger partial charge in [0, 0.05) is 5.75 Å². The Bertz CT molecular complexity index is 199. The Balaban J connectivity index is 2.00. The maximum absolute atomic E-state index is 11.0. The molecule has 1 saturated heterocycles. The molecular formula is C10H16O2S. The van der Waals surface area contributed by atoms with E-state index < -0.39 is 5.97 Å².